The van der Waals surface area contributed by atoms with Gasteiger partial charge in [-0.3, -0.25) is 4.90 Å². The van der Waals surface area contributed by atoms with Gasteiger partial charge in [0.25, 0.3) is 0 Å². The van der Waals surface area contributed by atoms with Crippen LogP contribution >= 0.6 is 0 Å². The molecule has 1 aliphatic rings. The zero-order valence-electron chi connectivity index (χ0n) is 13.5. The molecule has 1 heterocycles. The van der Waals surface area contributed by atoms with Gasteiger partial charge in [-0.05, 0) is 49.6 Å². The molecule has 0 saturated carbocycles. The standard InChI is InChI=1S/C20H21FN2O/c21-19-9-8-15(13-22)11-17(19)14-23-10-4-7-18(23)12-20(24)16-5-2-1-3-6-16/h1-3,5-6,8-9,11,18,20,24H,4,7,10,12,14H2. The van der Waals surface area contributed by atoms with E-state index in [0.717, 1.165) is 24.9 Å². The molecule has 0 spiro atoms. The van der Waals surface area contributed by atoms with E-state index in [1.165, 1.54) is 12.1 Å². The van der Waals surface area contributed by atoms with Crippen molar-refractivity contribution in [2.24, 2.45) is 0 Å². The normalized spacial score (nSPS) is 19.1. The van der Waals surface area contributed by atoms with Gasteiger partial charge in [-0.25, -0.2) is 4.39 Å². The Balaban J connectivity index is 1.69. The molecule has 1 aliphatic heterocycles. The maximum Gasteiger partial charge on any atom is 0.127 e. The van der Waals surface area contributed by atoms with Crippen LogP contribution in [0.3, 0.4) is 0 Å². The largest absolute Gasteiger partial charge is 0.388 e. The summed E-state index contributed by atoms with van der Waals surface area (Å²) in [7, 11) is 0. The van der Waals surface area contributed by atoms with Gasteiger partial charge in [-0.2, -0.15) is 5.26 Å². The lowest BCUT2D eigenvalue weighted by atomic mass is 10.00. The van der Waals surface area contributed by atoms with Crippen molar-refractivity contribution in [2.75, 3.05) is 6.54 Å². The second-order valence-electron chi connectivity index (χ2n) is 6.35. The van der Waals surface area contributed by atoms with Crippen LogP contribution in [0.15, 0.2) is 48.5 Å². The van der Waals surface area contributed by atoms with E-state index in [1.807, 2.05) is 30.3 Å². The maximum absolute atomic E-state index is 14.0. The molecule has 124 valence electrons. The number of aliphatic hydroxyl groups is 1. The summed E-state index contributed by atoms with van der Waals surface area (Å²) < 4.78 is 14.0. The van der Waals surface area contributed by atoms with E-state index < -0.39 is 6.10 Å². The highest BCUT2D eigenvalue weighted by atomic mass is 19.1. The molecular formula is C20H21FN2O. The van der Waals surface area contributed by atoms with Gasteiger partial charge in [0, 0.05) is 18.2 Å². The number of hydrogen-bond acceptors (Lipinski definition) is 3. The summed E-state index contributed by atoms with van der Waals surface area (Å²) in [5.74, 6) is -0.275. The van der Waals surface area contributed by atoms with Crippen molar-refractivity contribution in [1.29, 1.82) is 5.26 Å². The van der Waals surface area contributed by atoms with E-state index in [2.05, 4.69) is 11.0 Å². The van der Waals surface area contributed by atoms with Crippen molar-refractivity contribution in [1.82, 2.24) is 4.90 Å². The van der Waals surface area contributed by atoms with Crippen LogP contribution in [-0.2, 0) is 6.54 Å². The molecule has 3 rings (SSSR count). The zero-order valence-corrected chi connectivity index (χ0v) is 13.5. The fraction of sp³-hybridized carbons (Fsp3) is 0.350. The van der Waals surface area contributed by atoms with E-state index in [4.69, 9.17) is 5.26 Å². The fourth-order valence-electron chi connectivity index (χ4n) is 3.42. The molecular weight excluding hydrogens is 303 g/mol. The number of nitrogens with zero attached hydrogens (tertiary/aromatic N) is 2. The molecule has 0 aliphatic carbocycles. The van der Waals surface area contributed by atoms with Crippen LogP contribution in [0.2, 0.25) is 0 Å². The molecule has 4 heteroatoms. The summed E-state index contributed by atoms with van der Waals surface area (Å²) in [4.78, 5) is 2.21. The van der Waals surface area contributed by atoms with Gasteiger partial charge in [0.15, 0.2) is 0 Å². The van der Waals surface area contributed by atoms with E-state index in [-0.39, 0.29) is 11.9 Å². The van der Waals surface area contributed by atoms with E-state index in [0.29, 0.717) is 24.1 Å². The number of aliphatic hydroxyl groups excluding tert-OH is 1. The van der Waals surface area contributed by atoms with Crippen LogP contribution in [0.5, 0.6) is 0 Å². The van der Waals surface area contributed by atoms with E-state index >= 15 is 0 Å². The second kappa shape index (κ2) is 7.57. The highest BCUT2D eigenvalue weighted by Crippen LogP contribution is 2.29. The van der Waals surface area contributed by atoms with Crippen LogP contribution in [0.1, 0.15) is 42.1 Å². The molecule has 24 heavy (non-hydrogen) atoms. The van der Waals surface area contributed by atoms with Crippen LogP contribution in [0, 0.1) is 17.1 Å². The fourth-order valence-corrected chi connectivity index (χ4v) is 3.42. The lowest BCUT2D eigenvalue weighted by Gasteiger charge is -2.26. The van der Waals surface area contributed by atoms with Crippen LogP contribution in [0.25, 0.3) is 0 Å². The van der Waals surface area contributed by atoms with Crippen molar-refractivity contribution in [3.8, 4) is 6.07 Å². The predicted molar refractivity (Wildman–Crippen MR) is 90.6 cm³/mol. The van der Waals surface area contributed by atoms with E-state index in [1.54, 1.807) is 6.07 Å². The Labute approximate surface area is 142 Å². The molecule has 1 fully saturated rings. The minimum atomic E-state index is -0.507. The Kier molecular flexibility index (Phi) is 5.24. The van der Waals surface area contributed by atoms with Crippen LogP contribution in [-0.4, -0.2) is 22.6 Å². The first-order valence-electron chi connectivity index (χ1n) is 8.33. The van der Waals surface area contributed by atoms with Gasteiger partial charge in [0.1, 0.15) is 5.82 Å². The zero-order chi connectivity index (χ0) is 16.9. The number of benzene rings is 2. The third-order valence-electron chi connectivity index (χ3n) is 4.73. The molecule has 0 bridgehead atoms. The topological polar surface area (TPSA) is 47.3 Å². The SMILES string of the molecule is N#Cc1ccc(F)c(CN2CCCC2CC(O)c2ccccc2)c1. The quantitative estimate of drug-likeness (QED) is 0.910. The number of nitriles is 1. The molecule has 2 unspecified atom stereocenters. The third kappa shape index (κ3) is 3.81. The van der Waals surface area contributed by atoms with Gasteiger partial charge in [0.05, 0.1) is 17.7 Å². The Morgan fingerprint density at radius 1 is 1.25 bits per heavy atom. The van der Waals surface area contributed by atoms with E-state index in [9.17, 15) is 9.50 Å². The first kappa shape index (κ1) is 16.6. The third-order valence-corrected chi connectivity index (χ3v) is 4.73. The average Bonchev–Trinajstić information content (AvgIpc) is 3.04. The van der Waals surface area contributed by atoms with Crippen molar-refractivity contribution in [2.45, 2.75) is 38.0 Å². The van der Waals surface area contributed by atoms with Crippen LogP contribution < -0.4 is 0 Å². The summed E-state index contributed by atoms with van der Waals surface area (Å²) in [6.45, 7) is 1.37. The lowest BCUT2D eigenvalue weighted by Crippen LogP contribution is -2.30. The molecule has 2 atom stereocenters. The average molecular weight is 324 g/mol. The molecule has 2 aromatic rings. The van der Waals surface area contributed by atoms with Gasteiger partial charge >= 0.3 is 0 Å². The Morgan fingerprint density at radius 3 is 2.79 bits per heavy atom. The summed E-state index contributed by atoms with van der Waals surface area (Å²) in [5, 5.41) is 19.4. The number of hydrogen-bond donors (Lipinski definition) is 1. The molecule has 2 aromatic carbocycles. The Bertz CT molecular complexity index is 726. The Hall–Kier alpha value is -2.22. The summed E-state index contributed by atoms with van der Waals surface area (Å²) >= 11 is 0. The highest BCUT2D eigenvalue weighted by molar-refractivity contribution is 5.33. The first-order valence-corrected chi connectivity index (χ1v) is 8.33. The monoisotopic (exact) mass is 324 g/mol. The maximum atomic E-state index is 14.0. The van der Waals surface area contributed by atoms with Crippen molar-refractivity contribution < 1.29 is 9.50 Å². The molecule has 1 saturated heterocycles. The van der Waals surface area contributed by atoms with Crippen molar-refractivity contribution in [3.63, 3.8) is 0 Å². The number of rotatable bonds is 5. The summed E-state index contributed by atoms with van der Waals surface area (Å²) in [6, 6.07) is 16.4. The molecule has 0 amide bonds. The lowest BCUT2D eigenvalue weighted by molar-refractivity contribution is 0.117. The Morgan fingerprint density at radius 2 is 2.04 bits per heavy atom. The molecule has 0 aromatic heterocycles. The van der Waals surface area contributed by atoms with Crippen LogP contribution in [0.4, 0.5) is 4.39 Å². The predicted octanol–water partition coefficient (Wildman–Crippen LogP) is 3.79. The molecule has 0 radical (unpaired) electrons. The van der Waals surface area contributed by atoms with Gasteiger partial charge < -0.3 is 5.11 Å². The number of halogens is 1. The van der Waals surface area contributed by atoms with Crippen molar-refractivity contribution >= 4 is 0 Å². The number of likely N-dealkylation sites (tertiary alicyclic amines) is 1. The van der Waals surface area contributed by atoms with Crippen molar-refractivity contribution in [3.05, 3.63) is 71.0 Å². The first-order chi connectivity index (χ1) is 11.7. The minimum Gasteiger partial charge on any atom is -0.388 e. The second-order valence-corrected chi connectivity index (χ2v) is 6.35. The minimum absolute atomic E-state index is 0.227. The van der Waals surface area contributed by atoms with Gasteiger partial charge in [0.2, 0.25) is 0 Å². The molecule has 1 N–H and O–H groups in total. The summed E-state index contributed by atoms with van der Waals surface area (Å²) in [5.41, 5.74) is 1.95. The highest BCUT2D eigenvalue weighted by Gasteiger charge is 2.27. The summed E-state index contributed by atoms with van der Waals surface area (Å²) in [6.07, 6.45) is 2.19. The van der Waals surface area contributed by atoms with Gasteiger partial charge in [-0.1, -0.05) is 30.3 Å². The smallest absolute Gasteiger partial charge is 0.127 e. The molecule has 3 nitrogen and oxygen atoms in total. The van der Waals surface area contributed by atoms with Gasteiger partial charge in [-0.15, -0.1) is 0 Å².